The van der Waals surface area contributed by atoms with E-state index in [-0.39, 0.29) is 0 Å². The molecule has 0 radical (unpaired) electrons. The van der Waals surface area contributed by atoms with Gasteiger partial charge in [-0.1, -0.05) is 50.7 Å². The van der Waals surface area contributed by atoms with Gasteiger partial charge < -0.3 is 5.32 Å². The highest BCUT2D eigenvalue weighted by Gasteiger charge is 2.05. The summed E-state index contributed by atoms with van der Waals surface area (Å²) in [6, 6.07) is 13.4. The number of nitrogens with one attached hydrogen (secondary N) is 1. The van der Waals surface area contributed by atoms with Gasteiger partial charge in [-0.2, -0.15) is 0 Å². The number of nitrogens with zero attached hydrogens (tertiary/aromatic N) is 1. The summed E-state index contributed by atoms with van der Waals surface area (Å²) in [5.41, 5.74) is 2.61. The summed E-state index contributed by atoms with van der Waals surface area (Å²) in [7, 11) is 0. The molecule has 3 heteroatoms. The Hall–Kier alpha value is -1.32. The smallest absolute Gasteiger partial charge is 0.101 e. The van der Waals surface area contributed by atoms with E-state index >= 15 is 0 Å². The van der Waals surface area contributed by atoms with Gasteiger partial charge in [-0.05, 0) is 48.7 Å². The molecule has 21 heavy (non-hydrogen) atoms. The van der Waals surface area contributed by atoms with Crippen molar-refractivity contribution < 1.29 is 0 Å². The average molecular weight is 300 g/mol. The highest BCUT2D eigenvalue weighted by atomic mass is 32.2. The van der Waals surface area contributed by atoms with Crippen molar-refractivity contribution in [2.24, 2.45) is 0 Å². The third-order valence-corrected chi connectivity index (χ3v) is 4.50. The van der Waals surface area contributed by atoms with Crippen LogP contribution < -0.4 is 5.32 Å². The minimum atomic E-state index is 0.354. The predicted octanol–water partition coefficient (Wildman–Crippen LogP) is 5.03. The Labute approximate surface area is 132 Å². The van der Waals surface area contributed by atoms with Crippen LogP contribution in [0.15, 0.2) is 52.5 Å². The molecule has 0 saturated heterocycles. The van der Waals surface area contributed by atoms with Gasteiger partial charge in [0.05, 0.1) is 0 Å². The van der Waals surface area contributed by atoms with E-state index in [1.807, 2.05) is 6.20 Å². The van der Waals surface area contributed by atoms with Crippen LogP contribution >= 0.6 is 11.8 Å². The van der Waals surface area contributed by atoms with Crippen molar-refractivity contribution >= 4 is 11.8 Å². The Balaban J connectivity index is 2.02. The van der Waals surface area contributed by atoms with E-state index in [9.17, 15) is 0 Å². The Morgan fingerprint density at radius 3 is 2.19 bits per heavy atom. The average Bonchev–Trinajstić information content (AvgIpc) is 2.49. The zero-order chi connectivity index (χ0) is 15.2. The van der Waals surface area contributed by atoms with Crippen LogP contribution in [-0.4, -0.2) is 11.5 Å². The van der Waals surface area contributed by atoms with E-state index in [1.165, 1.54) is 16.0 Å². The molecular weight excluding hydrogens is 276 g/mol. The molecule has 0 bridgehead atoms. The SMILES string of the molecule is CCNC(C)c1ccc(Sc2ccc(C(C)C)cc2)nc1. The maximum Gasteiger partial charge on any atom is 0.101 e. The second-order valence-corrected chi connectivity index (χ2v) is 6.63. The third kappa shape index (κ3) is 4.58. The number of benzene rings is 1. The van der Waals surface area contributed by atoms with Gasteiger partial charge in [0, 0.05) is 17.1 Å². The molecule has 2 rings (SSSR count). The number of hydrogen-bond acceptors (Lipinski definition) is 3. The van der Waals surface area contributed by atoms with Crippen molar-refractivity contribution in [3.8, 4) is 0 Å². The Kier molecular flexibility index (Phi) is 5.83. The largest absolute Gasteiger partial charge is 0.310 e. The molecule has 2 nitrogen and oxygen atoms in total. The summed E-state index contributed by atoms with van der Waals surface area (Å²) < 4.78 is 0. The first kappa shape index (κ1) is 16.1. The molecule has 112 valence electrons. The number of rotatable bonds is 6. The molecule has 1 aromatic heterocycles. The molecule has 2 aromatic rings. The molecular formula is C18H24N2S. The highest BCUT2D eigenvalue weighted by molar-refractivity contribution is 7.99. The van der Waals surface area contributed by atoms with Gasteiger partial charge in [0.1, 0.15) is 5.03 Å². The second kappa shape index (κ2) is 7.62. The summed E-state index contributed by atoms with van der Waals surface area (Å²) in [6.07, 6.45) is 1.97. The maximum absolute atomic E-state index is 4.56. The van der Waals surface area contributed by atoms with Crippen LogP contribution in [0.2, 0.25) is 0 Å². The number of pyridine rings is 1. The Morgan fingerprint density at radius 1 is 1.00 bits per heavy atom. The molecule has 1 heterocycles. The van der Waals surface area contributed by atoms with Crippen LogP contribution in [0.1, 0.15) is 50.8 Å². The molecule has 0 aliphatic carbocycles. The van der Waals surface area contributed by atoms with Crippen LogP contribution in [0.5, 0.6) is 0 Å². The minimum absolute atomic E-state index is 0.354. The minimum Gasteiger partial charge on any atom is -0.310 e. The van der Waals surface area contributed by atoms with Gasteiger partial charge in [0.2, 0.25) is 0 Å². The van der Waals surface area contributed by atoms with Gasteiger partial charge in [-0.3, -0.25) is 0 Å². The van der Waals surface area contributed by atoms with Crippen LogP contribution in [0, 0.1) is 0 Å². The summed E-state index contributed by atoms with van der Waals surface area (Å²) >= 11 is 1.71. The number of aromatic nitrogens is 1. The quantitative estimate of drug-likeness (QED) is 0.810. The lowest BCUT2D eigenvalue weighted by molar-refractivity contribution is 0.595. The fourth-order valence-corrected chi connectivity index (χ4v) is 2.93. The molecule has 0 fully saturated rings. The van der Waals surface area contributed by atoms with Crippen LogP contribution in [0.3, 0.4) is 0 Å². The first-order valence-electron chi connectivity index (χ1n) is 7.57. The van der Waals surface area contributed by atoms with E-state index in [0.717, 1.165) is 11.6 Å². The van der Waals surface area contributed by atoms with Crippen LogP contribution in [0.4, 0.5) is 0 Å². The van der Waals surface area contributed by atoms with E-state index in [1.54, 1.807) is 11.8 Å². The Morgan fingerprint density at radius 2 is 1.67 bits per heavy atom. The normalized spacial score (nSPS) is 12.6. The molecule has 1 unspecified atom stereocenters. The fourth-order valence-electron chi connectivity index (χ4n) is 2.17. The summed E-state index contributed by atoms with van der Waals surface area (Å²) in [5.74, 6) is 0.578. The fraction of sp³-hybridized carbons (Fsp3) is 0.389. The first-order chi connectivity index (χ1) is 10.1. The molecule has 0 amide bonds. The number of hydrogen-bond donors (Lipinski definition) is 1. The molecule has 1 N–H and O–H groups in total. The highest BCUT2D eigenvalue weighted by Crippen LogP contribution is 2.28. The van der Waals surface area contributed by atoms with Gasteiger partial charge >= 0.3 is 0 Å². The first-order valence-corrected chi connectivity index (χ1v) is 8.39. The maximum atomic E-state index is 4.56. The summed E-state index contributed by atoms with van der Waals surface area (Å²) in [6.45, 7) is 9.69. The van der Waals surface area contributed by atoms with Crippen molar-refractivity contribution in [1.82, 2.24) is 10.3 Å². The van der Waals surface area contributed by atoms with Crippen molar-refractivity contribution in [1.29, 1.82) is 0 Å². The zero-order valence-electron chi connectivity index (χ0n) is 13.3. The van der Waals surface area contributed by atoms with E-state index in [2.05, 4.69) is 74.4 Å². The van der Waals surface area contributed by atoms with Crippen molar-refractivity contribution in [3.63, 3.8) is 0 Å². The molecule has 0 saturated carbocycles. The van der Waals surface area contributed by atoms with Gasteiger partial charge in [-0.25, -0.2) is 4.98 Å². The van der Waals surface area contributed by atoms with Crippen molar-refractivity contribution in [2.75, 3.05) is 6.54 Å². The van der Waals surface area contributed by atoms with E-state index in [0.29, 0.717) is 12.0 Å². The van der Waals surface area contributed by atoms with Crippen molar-refractivity contribution in [2.45, 2.75) is 49.6 Å². The monoisotopic (exact) mass is 300 g/mol. The van der Waals surface area contributed by atoms with E-state index in [4.69, 9.17) is 0 Å². The van der Waals surface area contributed by atoms with Crippen LogP contribution in [0.25, 0.3) is 0 Å². The van der Waals surface area contributed by atoms with Crippen LogP contribution in [-0.2, 0) is 0 Å². The molecule has 0 aliphatic heterocycles. The summed E-state index contributed by atoms with van der Waals surface area (Å²) in [4.78, 5) is 5.79. The third-order valence-electron chi connectivity index (χ3n) is 3.54. The van der Waals surface area contributed by atoms with Crippen molar-refractivity contribution in [3.05, 3.63) is 53.7 Å². The summed E-state index contributed by atoms with van der Waals surface area (Å²) in [5, 5.41) is 4.44. The topological polar surface area (TPSA) is 24.9 Å². The zero-order valence-corrected chi connectivity index (χ0v) is 14.1. The lowest BCUT2D eigenvalue weighted by Gasteiger charge is -2.12. The molecule has 1 atom stereocenters. The lowest BCUT2D eigenvalue weighted by Crippen LogP contribution is -2.17. The molecule has 0 aliphatic rings. The van der Waals surface area contributed by atoms with Gasteiger partial charge in [-0.15, -0.1) is 0 Å². The van der Waals surface area contributed by atoms with Gasteiger partial charge in [0.15, 0.2) is 0 Å². The van der Waals surface area contributed by atoms with Gasteiger partial charge in [0.25, 0.3) is 0 Å². The predicted molar refractivity (Wildman–Crippen MR) is 91.0 cm³/mol. The Bertz CT molecular complexity index is 546. The lowest BCUT2D eigenvalue weighted by atomic mass is 10.0. The standard InChI is InChI=1S/C18H24N2S/c1-5-19-14(4)16-8-11-18(20-12-16)21-17-9-6-15(7-10-17)13(2)3/h6-14,19H,5H2,1-4H3. The van der Waals surface area contributed by atoms with E-state index < -0.39 is 0 Å². The molecule has 0 spiro atoms. The molecule has 1 aromatic carbocycles. The second-order valence-electron chi connectivity index (χ2n) is 5.53.